The van der Waals surface area contributed by atoms with Gasteiger partial charge in [0.15, 0.2) is 11.7 Å². The molecular formula is C19H30F3N5O. The molecule has 0 unspecified atom stereocenters. The van der Waals surface area contributed by atoms with E-state index in [1.165, 1.54) is 6.07 Å². The summed E-state index contributed by atoms with van der Waals surface area (Å²) in [6.07, 6.45) is -1.61. The maximum absolute atomic E-state index is 13.4. The maximum Gasteiger partial charge on any atom is 0.410 e. The Balaban J connectivity index is 1.64. The summed E-state index contributed by atoms with van der Waals surface area (Å²) < 4.78 is 41.2. The Kier molecular flexibility index (Phi) is 6.21. The maximum atomic E-state index is 13.4. The summed E-state index contributed by atoms with van der Waals surface area (Å²) in [5.74, 6) is 0.550. The third-order valence-corrected chi connectivity index (χ3v) is 5.99. The molecule has 0 aromatic carbocycles. The van der Waals surface area contributed by atoms with E-state index < -0.39 is 18.1 Å². The number of likely N-dealkylation sites (tertiary alicyclic amines) is 1. The Morgan fingerprint density at radius 2 is 2.07 bits per heavy atom. The van der Waals surface area contributed by atoms with Gasteiger partial charge in [-0.05, 0) is 51.6 Å². The number of nitrogens with one attached hydrogen (secondary N) is 2. The number of aromatic nitrogens is 2. The second kappa shape index (κ2) is 8.31. The number of halogens is 3. The lowest BCUT2D eigenvalue weighted by molar-refractivity contribution is -0.173. The highest BCUT2D eigenvalue weighted by Gasteiger charge is 2.46. The van der Waals surface area contributed by atoms with Crippen LogP contribution in [-0.2, 0) is 0 Å². The Labute approximate surface area is 163 Å². The number of carbonyl (C=O) groups is 1. The predicted octanol–water partition coefficient (Wildman–Crippen LogP) is 3.43. The minimum Gasteiger partial charge on any atom is -0.367 e. The molecule has 2 aliphatic rings. The molecule has 3 heterocycles. The fourth-order valence-electron chi connectivity index (χ4n) is 3.96. The minimum atomic E-state index is -4.40. The predicted molar refractivity (Wildman–Crippen MR) is 101 cm³/mol. The number of anilines is 1. The highest BCUT2D eigenvalue weighted by Crippen LogP contribution is 2.39. The van der Waals surface area contributed by atoms with Crippen molar-refractivity contribution in [2.24, 2.45) is 5.92 Å². The van der Waals surface area contributed by atoms with Crippen molar-refractivity contribution in [3.05, 3.63) is 11.8 Å². The van der Waals surface area contributed by atoms with Crippen molar-refractivity contribution in [3.8, 4) is 0 Å². The molecule has 2 N–H and O–H groups in total. The van der Waals surface area contributed by atoms with Gasteiger partial charge < -0.3 is 10.6 Å². The fourth-order valence-corrected chi connectivity index (χ4v) is 3.96. The van der Waals surface area contributed by atoms with Gasteiger partial charge in [-0.1, -0.05) is 13.8 Å². The molecule has 1 fully saturated rings. The number of carbonyl (C=O) groups excluding carboxylic acids is 1. The van der Waals surface area contributed by atoms with E-state index in [2.05, 4.69) is 34.5 Å². The number of nitrogens with zero attached hydrogens (tertiary/aromatic N) is 3. The Bertz CT molecular complexity index is 682. The van der Waals surface area contributed by atoms with Crippen LogP contribution in [0, 0.1) is 5.92 Å². The number of rotatable bonds is 5. The van der Waals surface area contributed by atoms with Gasteiger partial charge in [0.05, 0.1) is 0 Å². The molecule has 9 heteroatoms. The summed E-state index contributed by atoms with van der Waals surface area (Å²) in [5, 5.41) is 9.86. The van der Waals surface area contributed by atoms with Crippen LogP contribution >= 0.6 is 0 Å². The van der Waals surface area contributed by atoms with Crippen LogP contribution in [0.15, 0.2) is 6.07 Å². The Morgan fingerprint density at radius 3 is 2.68 bits per heavy atom. The van der Waals surface area contributed by atoms with E-state index in [9.17, 15) is 18.0 Å². The van der Waals surface area contributed by atoms with Crippen molar-refractivity contribution < 1.29 is 18.0 Å². The first-order chi connectivity index (χ1) is 13.2. The molecule has 3 rings (SSSR count). The third-order valence-electron chi connectivity index (χ3n) is 5.99. The van der Waals surface area contributed by atoms with Crippen molar-refractivity contribution >= 4 is 11.7 Å². The van der Waals surface area contributed by atoms with E-state index in [0.717, 1.165) is 36.5 Å². The standard InChI is InChI=1S/C19H30F3N5O/c1-4-14-9-16(19(20,21)22)27-17(24-14)10-15(25-27)18(28)23-11-13(3)26-7-5-12(2)6-8-26/h10,12-14,16,24H,4-9,11H2,1-3H3,(H,23,28)/t13-,14-,16-/m1/s1. The van der Waals surface area contributed by atoms with Gasteiger partial charge in [-0.3, -0.25) is 9.69 Å². The molecule has 158 valence electrons. The topological polar surface area (TPSA) is 62.2 Å². The zero-order valence-electron chi connectivity index (χ0n) is 16.7. The first-order valence-corrected chi connectivity index (χ1v) is 10.1. The number of hydrogen-bond donors (Lipinski definition) is 2. The summed E-state index contributed by atoms with van der Waals surface area (Å²) in [4.78, 5) is 14.8. The van der Waals surface area contributed by atoms with Crippen LogP contribution in [0.2, 0.25) is 0 Å². The zero-order chi connectivity index (χ0) is 20.5. The van der Waals surface area contributed by atoms with E-state index in [-0.39, 0.29) is 30.0 Å². The number of hydrogen-bond acceptors (Lipinski definition) is 4. The molecule has 28 heavy (non-hydrogen) atoms. The smallest absolute Gasteiger partial charge is 0.367 e. The van der Waals surface area contributed by atoms with Crippen LogP contribution in [-0.4, -0.2) is 58.5 Å². The average molecular weight is 401 g/mol. The van der Waals surface area contributed by atoms with E-state index in [0.29, 0.717) is 13.0 Å². The molecule has 0 aliphatic carbocycles. The van der Waals surface area contributed by atoms with Crippen LogP contribution in [0.3, 0.4) is 0 Å². The zero-order valence-corrected chi connectivity index (χ0v) is 16.7. The molecule has 3 atom stereocenters. The summed E-state index contributed by atoms with van der Waals surface area (Å²) in [7, 11) is 0. The number of fused-ring (bicyclic) bond motifs is 1. The van der Waals surface area contributed by atoms with Crippen molar-refractivity contribution in [3.63, 3.8) is 0 Å². The molecule has 0 saturated carbocycles. The lowest BCUT2D eigenvalue weighted by Crippen LogP contribution is -2.45. The first kappa shape index (κ1) is 21.0. The largest absolute Gasteiger partial charge is 0.410 e. The molecule has 1 saturated heterocycles. The summed E-state index contributed by atoms with van der Waals surface area (Å²) >= 11 is 0. The molecule has 0 spiro atoms. The number of alkyl halides is 3. The minimum absolute atomic E-state index is 0.0213. The quantitative estimate of drug-likeness (QED) is 0.794. The molecule has 2 aliphatic heterocycles. The molecule has 0 bridgehead atoms. The summed E-state index contributed by atoms with van der Waals surface area (Å²) in [6, 6.07) is -0.389. The van der Waals surface area contributed by atoms with Crippen molar-refractivity contribution in [2.45, 2.75) is 70.8 Å². The normalized spacial score (nSPS) is 25.1. The number of amides is 1. The van der Waals surface area contributed by atoms with E-state index >= 15 is 0 Å². The van der Waals surface area contributed by atoms with Crippen LogP contribution in [0.25, 0.3) is 0 Å². The van der Waals surface area contributed by atoms with Gasteiger partial charge in [0, 0.05) is 24.7 Å². The van der Waals surface area contributed by atoms with Crippen molar-refractivity contribution in [2.75, 3.05) is 25.0 Å². The molecule has 6 nitrogen and oxygen atoms in total. The van der Waals surface area contributed by atoms with Crippen molar-refractivity contribution in [1.29, 1.82) is 0 Å². The second-order valence-corrected chi connectivity index (χ2v) is 8.18. The monoisotopic (exact) mass is 401 g/mol. The van der Waals surface area contributed by atoms with Gasteiger partial charge in [0.1, 0.15) is 5.82 Å². The van der Waals surface area contributed by atoms with E-state index in [1.807, 2.05) is 6.92 Å². The van der Waals surface area contributed by atoms with E-state index in [4.69, 9.17) is 0 Å². The fraction of sp³-hybridized carbons (Fsp3) is 0.789. The van der Waals surface area contributed by atoms with Crippen LogP contribution in [0.1, 0.15) is 63.0 Å². The Morgan fingerprint density at radius 1 is 1.39 bits per heavy atom. The van der Waals surface area contributed by atoms with Crippen LogP contribution < -0.4 is 10.6 Å². The number of piperidine rings is 1. The first-order valence-electron chi connectivity index (χ1n) is 10.1. The third kappa shape index (κ3) is 4.61. The van der Waals surface area contributed by atoms with Gasteiger partial charge in [-0.2, -0.15) is 18.3 Å². The lowest BCUT2D eigenvalue weighted by atomic mass is 9.98. The van der Waals surface area contributed by atoms with Crippen LogP contribution in [0.5, 0.6) is 0 Å². The Hall–Kier alpha value is -1.77. The second-order valence-electron chi connectivity index (χ2n) is 8.18. The van der Waals surface area contributed by atoms with Gasteiger partial charge in [-0.15, -0.1) is 0 Å². The van der Waals surface area contributed by atoms with Gasteiger partial charge in [0.2, 0.25) is 0 Å². The van der Waals surface area contributed by atoms with Gasteiger partial charge in [0.25, 0.3) is 5.91 Å². The highest BCUT2D eigenvalue weighted by atomic mass is 19.4. The average Bonchev–Trinajstić information content (AvgIpc) is 3.08. The molecular weight excluding hydrogens is 371 g/mol. The lowest BCUT2D eigenvalue weighted by Gasteiger charge is -2.34. The SMILES string of the molecule is CC[C@@H]1C[C@H](C(F)(F)F)n2nc(C(=O)NC[C@@H](C)N3CCC(C)CC3)cc2N1. The molecule has 1 aromatic rings. The molecule has 0 radical (unpaired) electrons. The van der Waals surface area contributed by atoms with Crippen LogP contribution in [0.4, 0.5) is 19.0 Å². The summed E-state index contributed by atoms with van der Waals surface area (Å²) in [5.41, 5.74) is 0.0213. The molecule has 1 amide bonds. The summed E-state index contributed by atoms with van der Waals surface area (Å²) in [6.45, 7) is 8.60. The van der Waals surface area contributed by atoms with Crippen molar-refractivity contribution in [1.82, 2.24) is 20.0 Å². The molecule has 1 aromatic heterocycles. The highest BCUT2D eigenvalue weighted by molar-refractivity contribution is 5.93. The van der Waals surface area contributed by atoms with Gasteiger partial charge >= 0.3 is 6.18 Å². The van der Waals surface area contributed by atoms with E-state index in [1.54, 1.807) is 0 Å². The van der Waals surface area contributed by atoms with Gasteiger partial charge in [-0.25, -0.2) is 4.68 Å².